The first kappa shape index (κ1) is 12.9. The quantitative estimate of drug-likeness (QED) is 0.905. The van der Waals surface area contributed by atoms with E-state index in [1.54, 1.807) is 0 Å². The minimum atomic E-state index is 0.200. The van der Waals surface area contributed by atoms with Crippen molar-refractivity contribution in [2.75, 3.05) is 0 Å². The molecule has 104 valence electrons. The fourth-order valence-electron chi connectivity index (χ4n) is 3.57. The molecule has 1 saturated carbocycles. The van der Waals surface area contributed by atoms with Crippen LogP contribution in [0.3, 0.4) is 0 Å². The van der Waals surface area contributed by atoms with E-state index < -0.39 is 0 Å². The van der Waals surface area contributed by atoms with Crippen LogP contribution in [-0.2, 0) is 26.4 Å². The Balaban J connectivity index is 1.80. The summed E-state index contributed by atoms with van der Waals surface area (Å²) >= 11 is 0. The molecule has 1 N–H and O–H groups in total. The molecule has 0 aromatic carbocycles. The first-order valence-electron chi connectivity index (χ1n) is 7.70. The number of hydrogen-bond acceptors (Lipinski definition) is 2. The van der Waals surface area contributed by atoms with E-state index in [4.69, 9.17) is 0 Å². The summed E-state index contributed by atoms with van der Waals surface area (Å²) in [6.45, 7) is 0.741. The molecule has 0 saturated heterocycles. The lowest BCUT2D eigenvalue weighted by Gasteiger charge is -2.21. The van der Waals surface area contributed by atoms with Crippen molar-refractivity contribution in [3.05, 3.63) is 33.2 Å². The van der Waals surface area contributed by atoms with Gasteiger partial charge in [-0.2, -0.15) is 0 Å². The Morgan fingerprint density at radius 3 is 2.74 bits per heavy atom. The minimum Gasteiger partial charge on any atom is -0.315 e. The maximum atomic E-state index is 12.4. The Labute approximate surface area is 115 Å². The summed E-state index contributed by atoms with van der Waals surface area (Å²) in [5.41, 5.74) is 3.82. The highest BCUT2D eigenvalue weighted by Crippen LogP contribution is 2.21. The zero-order chi connectivity index (χ0) is 13.2. The molecule has 3 heteroatoms. The lowest BCUT2D eigenvalue weighted by molar-refractivity contribution is 0.518. The zero-order valence-corrected chi connectivity index (χ0v) is 11.9. The molecule has 0 amide bonds. The van der Waals surface area contributed by atoms with Crippen molar-refractivity contribution < 1.29 is 0 Å². The molecule has 3 rings (SSSR count). The van der Waals surface area contributed by atoms with Crippen LogP contribution in [0, 0.1) is 0 Å². The minimum absolute atomic E-state index is 0.200. The summed E-state index contributed by atoms with van der Waals surface area (Å²) in [7, 11) is 1.94. The van der Waals surface area contributed by atoms with E-state index in [0.717, 1.165) is 24.9 Å². The Bertz CT molecular complexity index is 512. The lowest BCUT2D eigenvalue weighted by Crippen LogP contribution is -2.32. The number of hydrogen-bond donors (Lipinski definition) is 1. The van der Waals surface area contributed by atoms with E-state index in [9.17, 15) is 4.79 Å². The maximum absolute atomic E-state index is 12.4. The third kappa shape index (κ3) is 2.62. The molecule has 1 aromatic heterocycles. The van der Waals surface area contributed by atoms with Gasteiger partial charge in [0.05, 0.1) is 0 Å². The van der Waals surface area contributed by atoms with E-state index in [-0.39, 0.29) is 5.56 Å². The van der Waals surface area contributed by atoms with Crippen molar-refractivity contribution in [1.29, 1.82) is 0 Å². The summed E-state index contributed by atoms with van der Waals surface area (Å²) in [6, 6.07) is 2.79. The van der Waals surface area contributed by atoms with E-state index >= 15 is 0 Å². The van der Waals surface area contributed by atoms with Gasteiger partial charge in [-0.15, -0.1) is 0 Å². The number of pyridine rings is 1. The average molecular weight is 260 g/mol. The number of rotatable bonds is 3. The molecule has 2 aliphatic rings. The van der Waals surface area contributed by atoms with E-state index in [1.165, 1.54) is 49.8 Å². The van der Waals surface area contributed by atoms with E-state index in [2.05, 4.69) is 11.4 Å². The number of fused-ring (bicyclic) bond motifs is 1. The Morgan fingerprint density at radius 1 is 1.21 bits per heavy atom. The van der Waals surface area contributed by atoms with Gasteiger partial charge in [0.1, 0.15) is 0 Å². The number of aryl methyl sites for hydroxylation is 1. The highest BCUT2D eigenvalue weighted by molar-refractivity contribution is 5.28. The molecule has 0 aliphatic heterocycles. The molecule has 0 spiro atoms. The molecule has 1 fully saturated rings. The molecule has 1 heterocycles. The van der Waals surface area contributed by atoms with Gasteiger partial charge in [0.15, 0.2) is 0 Å². The van der Waals surface area contributed by atoms with Crippen LogP contribution in [-0.4, -0.2) is 10.6 Å². The number of aromatic nitrogens is 1. The zero-order valence-electron chi connectivity index (χ0n) is 11.9. The van der Waals surface area contributed by atoms with Gasteiger partial charge in [-0.3, -0.25) is 4.79 Å². The van der Waals surface area contributed by atoms with Crippen LogP contribution in [0.2, 0.25) is 0 Å². The Morgan fingerprint density at radius 2 is 1.95 bits per heavy atom. The van der Waals surface area contributed by atoms with Gasteiger partial charge in [-0.25, -0.2) is 0 Å². The van der Waals surface area contributed by atoms with Gasteiger partial charge in [0.25, 0.3) is 5.56 Å². The molecule has 3 nitrogen and oxygen atoms in total. The van der Waals surface area contributed by atoms with Crippen molar-refractivity contribution in [2.24, 2.45) is 7.05 Å². The summed E-state index contributed by atoms with van der Waals surface area (Å²) < 4.78 is 1.89. The summed E-state index contributed by atoms with van der Waals surface area (Å²) in [4.78, 5) is 12.4. The smallest absolute Gasteiger partial charge is 0.255 e. The van der Waals surface area contributed by atoms with Crippen LogP contribution in [0.4, 0.5) is 0 Å². The number of nitrogens with zero attached hydrogens (tertiary/aromatic N) is 1. The van der Waals surface area contributed by atoms with Crippen molar-refractivity contribution in [3.63, 3.8) is 0 Å². The number of nitrogens with one attached hydrogen (secondary N) is 1. The van der Waals surface area contributed by atoms with Gasteiger partial charge in [0, 0.05) is 30.9 Å². The Kier molecular flexibility index (Phi) is 3.74. The van der Waals surface area contributed by atoms with Crippen molar-refractivity contribution >= 4 is 0 Å². The molecule has 0 radical (unpaired) electrons. The third-order valence-corrected chi connectivity index (χ3v) is 4.75. The Hall–Kier alpha value is -1.09. The topological polar surface area (TPSA) is 34.0 Å². The van der Waals surface area contributed by atoms with Crippen LogP contribution in [0.1, 0.15) is 55.3 Å². The summed E-state index contributed by atoms with van der Waals surface area (Å²) in [5.74, 6) is 0. The van der Waals surface area contributed by atoms with Crippen LogP contribution in [0.25, 0.3) is 0 Å². The van der Waals surface area contributed by atoms with Gasteiger partial charge >= 0.3 is 0 Å². The molecular formula is C16H24N2O. The van der Waals surface area contributed by atoms with Crippen LogP contribution in [0.5, 0.6) is 0 Å². The molecule has 2 aliphatic carbocycles. The summed E-state index contributed by atoms with van der Waals surface area (Å²) in [5, 5.41) is 3.56. The van der Waals surface area contributed by atoms with Crippen molar-refractivity contribution in [3.8, 4) is 0 Å². The second-order valence-electron chi connectivity index (χ2n) is 6.08. The summed E-state index contributed by atoms with van der Waals surface area (Å²) in [6.07, 6.45) is 9.90. The molecule has 0 atom stereocenters. The second-order valence-corrected chi connectivity index (χ2v) is 6.08. The normalized spacial score (nSPS) is 19.6. The van der Waals surface area contributed by atoms with Crippen LogP contribution >= 0.6 is 0 Å². The first-order valence-corrected chi connectivity index (χ1v) is 7.70. The fourth-order valence-corrected chi connectivity index (χ4v) is 3.57. The molecule has 0 bridgehead atoms. The lowest BCUT2D eigenvalue weighted by atomic mass is 9.94. The SMILES string of the molecule is Cn1c2c(cc(CNC3CCCC3)c1=O)CCCC2. The van der Waals surface area contributed by atoms with Crippen LogP contribution < -0.4 is 10.9 Å². The average Bonchev–Trinajstić information content (AvgIpc) is 2.94. The molecule has 0 unspecified atom stereocenters. The van der Waals surface area contributed by atoms with Gasteiger partial charge in [-0.05, 0) is 50.2 Å². The molecular weight excluding hydrogens is 236 g/mol. The van der Waals surface area contributed by atoms with Crippen LogP contribution in [0.15, 0.2) is 10.9 Å². The second kappa shape index (κ2) is 5.49. The fraction of sp³-hybridized carbons (Fsp3) is 0.688. The standard InChI is InChI=1S/C16H24N2O/c1-18-15-9-5-2-6-12(15)10-13(16(18)19)11-17-14-7-3-4-8-14/h10,14,17H,2-9,11H2,1H3. The highest BCUT2D eigenvalue weighted by Gasteiger charge is 2.18. The third-order valence-electron chi connectivity index (χ3n) is 4.75. The van der Waals surface area contributed by atoms with E-state index in [1.807, 2.05) is 11.6 Å². The highest BCUT2D eigenvalue weighted by atomic mass is 16.1. The van der Waals surface area contributed by atoms with E-state index in [0.29, 0.717) is 6.04 Å². The molecule has 19 heavy (non-hydrogen) atoms. The first-order chi connectivity index (χ1) is 9.25. The van der Waals surface area contributed by atoms with Gasteiger partial charge < -0.3 is 9.88 Å². The van der Waals surface area contributed by atoms with Crippen molar-refractivity contribution in [1.82, 2.24) is 9.88 Å². The largest absolute Gasteiger partial charge is 0.315 e. The van der Waals surface area contributed by atoms with Gasteiger partial charge in [-0.1, -0.05) is 12.8 Å². The van der Waals surface area contributed by atoms with Crippen molar-refractivity contribution in [2.45, 2.75) is 64.0 Å². The monoisotopic (exact) mass is 260 g/mol. The predicted molar refractivity (Wildman–Crippen MR) is 77.4 cm³/mol. The predicted octanol–water partition coefficient (Wildman–Crippen LogP) is 2.30. The van der Waals surface area contributed by atoms with Gasteiger partial charge in [0.2, 0.25) is 0 Å². The molecule has 1 aromatic rings. The maximum Gasteiger partial charge on any atom is 0.255 e.